The van der Waals surface area contributed by atoms with Crippen LogP contribution in [0.25, 0.3) is 0 Å². The van der Waals surface area contributed by atoms with Gasteiger partial charge in [0.1, 0.15) is 5.60 Å². The molecule has 0 aromatic carbocycles. The highest BCUT2D eigenvalue weighted by Gasteiger charge is 2.57. The first-order chi connectivity index (χ1) is 11.2. The van der Waals surface area contributed by atoms with Crippen molar-refractivity contribution < 1.29 is 14.3 Å². The number of esters is 1. The van der Waals surface area contributed by atoms with Crippen molar-refractivity contribution in [2.75, 3.05) is 18.8 Å². The van der Waals surface area contributed by atoms with Crippen LogP contribution >= 0.6 is 0 Å². The summed E-state index contributed by atoms with van der Waals surface area (Å²) in [6.07, 6.45) is 5.57. The fourth-order valence-electron chi connectivity index (χ4n) is 3.82. The summed E-state index contributed by atoms with van der Waals surface area (Å²) in [4.78, 5) is 35.2. The number of aromatic nitrogens is 2. The van der Waals surface area contributed by atoms with Crippen molar-refractivity contribution in [1.82, 2.24) is 14.9 Å². The topological polar surface area (TPSA) is 98.4 Å². The number of carbonyl (C=O) groups excluding carboxylic acids is 2. The molecular formula is C17H24N4O3. The SMILES string of the molecule is CC(C)(C)OC(=O)[C@@]12CCC[C@H]1CN(C(=O)c1nccnc1N)C2. The third-order valence-corrected chi connectivity index (χ3v) is 4.89. The summed E-state index contributed by atoms with van der Waals surface area (Å²) in [5.74, 6) is -0.210. The van der Waals surface area contributed by atoms with Gasteiger partial charge in [0, 0.05) is 25.5 Å². The molecule has 2 aliphatic rings. The summed E-state index contributed by atoms with van der Waals surface area (Å²) in [5, 5.41) is 0. The molecule has 2 heterocycles. The monoisotopic (exact) mass is 332 g/mol. The van der Waals surface area contributed by atoms with Crippen LogP contribution in [0.5, 0.6) is 0 Å². The second kappa shape index (κ2) is 5.72. The molecule has 24 heavy (non-hydrogen) atoms. The van der Waals surface area contributed by atoms with Crippen LogP contribution in [0.15, 0.2) is 12.4 Å². The van der Waals surface area contributed by atoms with Crippen molar-refractivity contribution in [2.24, 2.45) is 11.3 Å². The Morgan fingerprint density at radius 3 is 2.71 bits per heavy atom. The molecule has 3 rings (SSSR count). The lowest BCUT2D eigenvalue weighted by Gasteiger charge is -2.30. The van der Waals surface area contributed by atoms with Crippen LogP contribution in [-0.2, 0) is 9.53 Å². The highest BCUT2D eigenvalue weighted by Crippen LogP contribution is 2.50. The van der Waals surface area contributed by atoms with E-state index >= 15 is 0 Å². The van der Waals surface area contributed by atoms with Crippen molar-refractivity contribution >= 4 is 17.7 Å². The molecule has 0 unspecified atom stereocenters. The number of nitrogens with zero attached hydrogens (tertiary/aromatic N) is 3. The van der Waals surface area contributed by atoms with Crippen LogP contribution < -0.4 is 5.73 Å². The van der Waals surface area contributed by atoms with E-state index in [2.05, 4.69) is 9.97 Å². The first-order valence-electron chi connectivity index (χ1n) is 8.32. The molecule has 1 amide bonds. The third-order valence-electron chi connectivity index (χ3n) is 4.89. The second-order valence-electron chi connectivity index (χ2n) is 7.72. The average Bonchev–Trinajstić information content (AvgIpc) is 3.03. The Hall–Kier alpha value is -2.18. The van der Waals surface area contributed by atoms with E-state index < -0.39 is 11.0 Å². The molecule has 0 spiro atoms. The summed E-state index contributed by atoms with van der Waals surface area (Å²) in [6, 6.07) is 0. The molecule has 7 nitrogen and oxygen atoms in total. The van der Waals surface area contributed by atoms with Gasteiger partial charge < -0.3 is 15.4 Å². The molecule has 2 N–H and O–H groups in total. The zero-order valence-electron chi connectivity index (χ0n) is 14.4. The molecule has 2 atom stereocenters. The number of amides is 1. The first kappa shape index (κ1) is 16.7. The lowest BCUT2D eigenvalue weighted by molar-refractivity contribution is -0.168. The Balaban J connectivity index is 1.82. The molecule has 0 radical (unpaired) electrons. The minimum absolute atomic E-state index is 0.117. The number of nitrogens with two attached hydrogens (primary N) is 1. The van der Waals surface area contributed by atoms with Crippen LogP contribution in [0.1, 0.15) is 50.5 Å². The van der Waals surface area contributed by atoms with Gasteiger partial charge in [-0.2, -0.15) is 0 Å². The van der Waals surface area contributed by atoms with Gasteiger partial charge in [-0.3, -0.25) is 9.59 Å². The Kier molecular flexibility index (Phi) is 3.97. The quantitative estimate of drug-likeness (QED) is 0.827. The van der Waals surface area contributed by atoms with E-state index in [-0.39, 0.29) is 29.3 Å². The largest absolute Gasteiger partial charge is 0.459 e. The number of carbonyl (C=O) groups is 2. The number of likely N-dealkylation sites (tertiary alicyclic amines) is 1. The van der Waals surface area contributed by atoms with Gasteiger partial charge in [0.25, 0.3) is 5.91 Å². The van der Waals surface area contributed by atoms with E-state index in [9.17, 15) is 9.59 Å². The maximum Gasteiger partial charge on any atom is 0.314 e. The molecule has 1 aliphatic carbocycles. The van der Waals surface area contributed by atoms with Crippen molar-refractivity contribution in [1.29, 1.82) is 0 Å². The number of hydrogen-bond acceptors (Lipinski definition) is 6. The van der Waals surface area contributed by atoms with Crippen LogP contribution in [-0.4, -0.2) is 45.4 Å². The van der Waals surface area contributed by atoms with Crippen LogP contribution in [0.3, 0.4) is 0 Å². The van der Waals surface area contributed by atoms with Gasteiger partial charge in [-0.15, -0.1) is 0 Å². The van der Waals surface area contributed by atoms with Crippen LogP contribution in [0, 0.1) is 11.3 Å². The Morgan fingerprint density at radius 1 is 1.33 bits per heavy atom. The molecule has 2 fully saturated rings. The van der Waals surface area contributed by atoms with E-state index in [1.807, 2.05) is 20.8 Å². The molecule has 1 aliphatic heterocycles. The Morgan fingerprint density at radius 2 is 2.04 bits per heavy atom. The predicted octanol–water partition coefficient (Wildman–Crippen LogP) is 1.64. The third kappa shape index (κ3) is 2.83. The molecule has 1 aromatic rings. The Bertz CT molecular complexity index is 670. The molecule has 130 valence electrons. The summed E-state index contributed by atoms with van der Waals surface area (Å²) in [5.41, 5.74) is 4.78. The van der Waals surface area contributed by atoms with Crippen molar-refractivity contribution in [3.8, 4) is 0 Å². The predicted molar refractivity (Wildman–Crippen MR) is 88.0 cm³/mol. The minimum Gasteiger partial charge on any atom is -0.459 e. The standard InChI is InChI=1S/C17H24N4O3/c1-16(2,3)24-15(23)17-6-4-5-11(17)9-21(10-17)14(22)12-13(18)20-8-7-19-12/h7-8,11H,4-6,9-10H2,1-3H3,(H2,18,20)/t11-,17+/m0/s1. The van der Waals surface area contributed by atoms with Crippen LogP contribution in [0.2, 0.25) is 0 Å². The zero-order chi connectivity index (χ0) is 17.5. The molecule has 7 heteroatoms. The number of ether oxygens (including phenoxy) is 1. The van der Waals surface area contributed by atoms with E-state index in [1.165, 1.54) is 12.4 Å². The smallest absolute Gasteiger partial charge is 0.314 e. The zero-order valence-corrected chi connectivity index (χ0v) is 14.4. The maximum absolute atomic E-state index is 12.8. The number of nitrogen functional groups attached to an aromatic ring is 1. The number of rotatable bonds is 2. The first-order valence-corrected chi connectivity index (χ1v) is 8.32. The fraction of sp³-hybridized carbons (Fsp3) is 0.647. The van der Waals surface area contributed by atoms with E-state index in [0.717, 1.165) is 19.3 Å². The van der Waals surface area contributed by atoms with Crippen molar-refractivity contribution in [3.63, 3.8) is 0 Å². The molecule has 0 bridgehead atoms. The average molecular weight is 332 g/mol. The number of fused-ring (bicyclic) bond motifs is 1. The van der Waals surface area contributed by atoms with Crippen molar-refractivity contribution in [3.05, 3.63) is 18.1 Å². The van der Waals surface area contributed by atoms with E-state index in [0.29, 0.717) is 13.1 Å². The molecule has 1 saturated carbocycles. The molecule has 1 aromatic heterocycles. The highest BCUT2D eigenvalue weighted by atomic mass is 16.6. The van der Waals surface area contributed by atoms with E-state index in [1.54, 1.807) is 4.90 Å². The van der Waals surface area contributed by atoms with Gasteiger partial charge in [-0.05, 0) is 39.5 Å². The summed E-state index contributed by atoms with van der Waals surface area (Å²) < 4.78 is 5.65. The molecular weight excluding hydrogens is 308 g/mol. The second-order valence-corrected chi connectivity index (χ2v) is 7.72. The summed E-state index contributed by atoms with van der Waals surface area (Å²) >= 11 is 0. The lowest BCUT2D eigenvalue weighted by Crippen LogP contribution is -2.42. The van der Waals surface area contributed by atoms with Crippen LogP contribution in [0.4, 0.5) is 5.82 Å². The van der Waals surface area contributed by atoms with Gasteiger partial charge in [0.15, 0.2) is 11.5 Å². The fourth-order valence-corrected chi connectivity index (χ4v) is 3.82. The summed E-state index contributed by atoms with van der Waals surface area (Å²) in [6.45, 7) is 6.49. The number of anilines is 1. The van der Waals surface area contributed by atoms with Gasteiger partial charge in [-0.25, -0.2) is 9.97 Å². The molecule has 1 saturated heterocycles. The normalized spacial score (nSPS) is 26.3. The van der Waals surface area contributed by atoms with Gasteiger partial charge in [-0.1, -0.05) is 6.42 Å². The summed E-state index contributed by atoms with van der Waals surface area (Å²) in [7, 11) is 0. The van der Waals surface area contributed by atoms with Gasteiger partial charge in [0.05, 0.1) is 5.41 Å². The highest BCUT2D eigenvalue weighted by molar-refractivity contribution is 5.97. The van der Waals surface area contributed by atoms with Gasteiger partial charge in [0.2, 0.25) is 0 Å². The Labute approximate surface area is 141 Å². The van der Waals surface area contributed by atoms with Crippen molar-refractivity contribution in [2.45, 2.75) is 45.6 Å². The number of hydrogen-bond donors (Lipinski definition) is 1. The van der Waals surface area contributed by atoms with Gasteiger partial charge >= 0.3 is 5.97 Å². The van der Waals surface area contributed by atoms with E-state index in [4.69, 9.17) is 10.5 Å². The minimum atomic E-state index is -0.597. The lowest BCUT2D eigenvalue weighted by atomic mass is 9.80. The maximum atomic E-state index is 12.8.